The standard InChI is InChI=1S/C12H11FN2O3S/c1-2-12(5-6-12)15-19(17,18)8-3-4-10(13)9(7-8)11(14)16/h1,3-4,7,15H,5-6H2,(H2,14,16). The molecule has 1 aliphatic carbocycles. The number of carbonyl (C=O) groups excluding carboxylic acids is 1. The maximum absolute atomic E-state index is 13.3. The third kappa shape index (κ3) is 2.59. The van der Waals surface area contributed by atoms with Gasteiger partial charge in [-0.1, -0.05) is 5.92 Å². The van der Waals surface area contributed by atoms with E-state index in [0.29, 0.717) is 12.8 Å². The van der Waals surface area contributed by atoms with Gasteiger partial charge in [-0.2, -0.15) is 4.72 Å². The van der Waals surface area contributed by atoms with Crippen molar-refractivity contribution in [3.63, 3.8) is 0 Å². The van der Waals surface area contributed by atoms with Crippen LogP contribution in [0.3, 0.4) is 0 Å². The van der Waals surface area contributed by atoms with E-state index in [-0.39, 0.29) is 4.90 Å². The summed E-state index contributed by atoms with van der Waals surface area (Å²) in [6.07, 6.45) is 6.34. The molecule has 1 amide bonds. The molecule has 19 heavy (non-hydrogen) atoms. The number of terminal acetylenes is 1. The van der Waals surface area contributed by atoms with E-state index in [2.05, 4.69) is 10.6 Å². The highest BCUT2D eigenvalue weighted by Gasteiger charge is 2.44. The van der Waals surface area contributed by atoms with Crippen LogP contribution in [0.25, 0.3) is 0 Å². The molecule has 1 fully saturated rings. The van der Waals surface area contributed by atoms with Crippen LogP contribution in [0.4, 0.5) is 4.39 Å². The van der Waals surface area contributed by atoms with Crippen LogP contribution in [-0.2, 0) is 10.0 Å². The SMILES string of the molecule is C#CC1(NS(=O)(=O)c2ccc(F)c(C(N)=O)c2)CC1. The summed E-state index contributed by atoms with van der Waals surface area (Å²) < 4.78 is 39.7. The summed E-state index contributed by atoms with van der Waals surface area (Å²) in [5.74, 6) is 0.466. The van der Waals surface area contributed by atoms with Crippen molar-refractivity contribution in [1.82, 2.24) is 4.72 Å². The maximum Gasteiger partial charge on any atom is 0.251 e. The van der Waals surface area contributed by atoms with E-state index in [0.717, 1.165) is 18.2 Å². The summed E-state index contributed by atoms with van der Waals surface area (Å²) in [6.45, 7) is 0. The van der Waals surface area contributed by atoms with E-state index in [1.54, 1.807) is 0 Å². The molecule has 3 N–H and O–H groups in total. The van der Waals surface area contributed by atoms with Gasteiger partial charge in [0, 0.05) is 0 Å². The Morgan fingerprint density at radius 2 is 2.11 bits per heavy atom. The van der Waals surface area contributed by atoms with Crippen LogP contribution in [0.2, 0.25) is 0 Å². The van der Waals surface area contributed by atoms with Gasteiger partial charge in [0.1, 0.15) is 5.82 Å². The van der Waals surface area contributed by atoms with E-state index in [4.69, 9.17) is 12.2 Å². The minimum absolute atomic E-state index is 0.246. The fourth-order valence-corrected chi connectivity index (χ4v) is 2.99. The number of halogens is 1. The lowest BCUT2D eigenvalue weighted by atomic mass is 10.2. The number of sulfonamides is 1. The van der Waals surface area contributed by atoms with Crippen LogP contribution in [-0.4, -0.2) is 19.9 Å². The Kier molecular flexibility index (Phi) is 3.08. The van der Waals surface area contributed by atoms with Crippen molar-refractivity contribution >= 4 is 15.9 Å². The summed E-state index contributed by atoms with van der Waals surface area (Å²) in [7, 11) is -3.91. The first-order valence-corrected chi connectivity index (χ1v) is 6.89. The molecule has 1 aromatic carbocycles. The second-order valence-electron chi connectivity index (χ2n) is 4.34. The van der Waals surface area contributed by atoms with Gasteiger partial charge in [-0.15, -0.1) is 6.42 Å². The highest BCUT2D eigenvalue weighted by atomic mass is 32.2. The molecule has 7 heteroatoms. The van der Waals surface area contributed by atoms with Gasteiger partial charge in [-0.25, -0.2) is 12.8 Å². The van der Waals surface area contributed by atoms with Crippen LogP contribution in [0.15, 0.2) is 23.1 Å². The molecule has 5 nitrogen and oxygen atoms in total. The Morgan fingerprint density at radius 1 is 1.47 bits per heavy atom. The van der Waals surface area contributed by atoms with E-state index in [9.17, 15) is 17.6 Å². The molecule has 0 spiro atoms. The zero-order valence-corrected chi connectivity index (χ0v) is 10.6. The second-order valence-corrected chi connectivity index (χ2v) is 6.02. The van der Waals surface area contributed by atoms with Crippen LogP contribution in [0.1, 0.15) is 23.2 Å². The number of benzene rings is 1. The Hall–Kier alpha value is -1.91. The van der Waals surface area contributed by atoms with Crippen molar-refractivity contribution < 1.29 is 17.6 Å². The monoisotopic (exact) mass is 282 g/mol. The molecule has 0 bridgehead atoms. The topological polar surface area (TPSA) is 89.3 Å². The van der Waals surface area contributed by atoms with E-state index in [1.807, 2.05) is 0 Å². The molecule has 0 aliphatic heterocycles. The van der Waals surface area contributed by atoms with Gasteiger partial charge < -0.3 is 5.73 Å². The molecular formula is C12H11FN2O3S. The Balaban J connectivity index is 2.39. The third-order valence-corrected chi connectivity index (χ3v) is 4.40. The average Bonchev–Trinajstić information content (AvgIpc) is 3.08. The van der Waals surface area contributed by atoms with E-state index >= 15 is 0 Å². The average molecular weight is 282 g/mol. The summed E-state index contributed by atoms with van der Waals surface area (Å²) in [5, 5.41) is 0. The summed E-state index contributed by atoms with van der Waals surface area (Å²) >= 11 is 0. The predicted octanol–water partition coefficient (Wildman–Crippen LogP) is 0.369. The van der Waals surface area contributed by atoms with Gasteiger partial charge in [0.25, 0.3) is 5.91 Å². The Morgan fingerprint density at radius 3 is 2.58 bits per heavy atom. The van der Waals surface area contributed by atoms with Crippen LogP contribution in [0.5, 0.6) is 0 Å². The second kappa shape index (κ2) is 4.33. The number of rotatable bonds is 4. The molecule has 1 saturated carbocycles. The summed E-state index contributed by atoms with van der Waals surface area (Å²) in [4.78, 5) is 10.7. The van der Waals surface area contributed by atoms with Crippen molar-refractivity contribution in [1.29, 1.82) is 0 Å². The van der Waals surface area contributed by atoms with E-state index in [1.165, 1.54) is 0 Å². The molecule has 0 saturated heterocycles. The normalized spacial score (nSPS) is 16.6. The number of carbonyl (C=O) groups is 1. The van der Waals surface area contributed by atoms with Crippen molar-refractivity contribution in [3.8, 4) is 12.3 Å². The Bertz CT molecular complexity index is 687. The van der Waals surface area contributed by atoms with Crippen LogP contribution >= 0.6 is 0 Å². The van der Waals surface area contributed by atoms with Crippen molar-refractivity contribution in [3.05, 3.63) is 29.6 Å². The van der Waals surface area contributed by atoms with Gasteiger partial charge >= 0.3 is 0 Å². The van der Waals surface area contributed by atoms with Crippen molar-refractivity contribution in [2.75, 3.05) is 0 Å². The number of nitrogens with two attached hydrogens (primary N) is 1. The highest BCUT2D eigenvalue weighted by Crippen LogP contribution is 2.36. The number of hydrogen-bond acceptors (Lipinski definition) is 3. The van der Waals surface area contributed by atoms with Gasteiger partial charge in [-0.05, 0) is 31.0 Å². The fraction of sp³-hybridized carbons (Fsp3) is 0.250. The Labute approximate surface area is 110 Å². The lowest BCUT2D eigenvalue weighted by Gasteiger charge is -2.12. The molecule has 0 heterocycles. The first kappa shape index (κ1) is 13.5. The number of primary amides is 1. The van der Waals surface area contributed by atoms with Crippen molar-refractivity contribution in [2.45, 2.75) is 23.3 Å². The van der Waals surface area contributed by atoms with E-state index < -0.39 is 32.9 Å². The van der Waals surface area contributed by atoms with Crippen LogP contribution < -0.4 is 10.5 Å². The third-order valence-electron chi connectivity index (χ3n) is 2.87. The number of nitrogens with one attached hydrogen (secondary N) is 1. The molecular weight excluding hydrogens is 271 g/mol. The van der Waals surface area contributed by atoms with Gasteiger partial charge in [0.15, 0.2) is 0 Å². The zero-order valence-electron chi connectivity index (χ0n) is 9.81. The minimum Gasteiger partial charge on any atom is -0.366 e. The summed E-state index contributed by atoms with van der Waals surface area (Å²) in [6, 6.07) is 2.83. The largest absolute Gasteiger partial charge is 0.366 e. The number of amides is 1. The molecule has 0 aromatic heterocycles. The van der Waals surface area contributed by atoms with Crippen molar-refractivity contribution in [2.24, 2.45) is 5.73 Å². The molecule has 0 atom stereocenters. The van der Waals surface area contributed by atoms with Gasteiger partial charge in [0.2, 0.25) is 10.0 Å². The molecule has 0 unspecified atom stereocenters. The first-order valence-electron chi connectivity index (χ1n) is 5.41. The fourth-order valence-electron chi connectivity index (χ4n) is 1.58. The molecule has 100 valence electrons. The lowest BCUT2D eigenvalue weighted by molar-refractivity contribution is 0.0996. The van der Waals surface area contributed by atoms with Gasteiger partial charge in [-0.3, -0.25) is 4.79 Å². The summed E-state index contributed by atoms with van der Waals surface area (Å²) in [5.41, 5.74) is 3.63. The zero-order chi connectivity index (χ0) is 14.3. The minimum atomic E-state index is -3.91. The highest BCUT2D eigenvalue weighted by molar-refractivity contribution is 7.89. The van der Waals surface area contributed by atoms with Gasteiger partial charge in [0.05, 0.1) is 16.0 Å². The molecule has 1 aliphatic rings. The quantitative estimate of drug-likeness (QED) is 0.782. The van der Waals surface area contributed by atoms with Crippen LogP contribution in [0, 0.1) is 18.2 Å². The number of hydrogen-bond donors (Lipinski definition) is 2. The lowest BCUT2D eigenvalue weighted by Crippen LogP contribution is -2.35. The molecule has 2 rings (SSSR count). The predicted molar refractivity (Wildman–Crippen MR) is 66.0 cm³/mol. The molecule has 1 aromatic rings. The maximum atomic E-state index is 13.3. The first-order chi connectivity index (χ1) is 8.80. The smallest absolute Gasteiger partial charge is 0.251 e. The molecule has 0 radical (unpaired) electrons.